The van der Waals surface area contributed by atoms with E-state index in [1.807, 2.05) is 0 Å². The lowest BCUT2D eigenvalue weighted by molar-refractivity contribution is -0.384. The molecule has 1 aliphatic heterocycles. The SMILES string of the molecule is Cc1ccc(-c2nc3ccc([N+](=O)[O-])cc3[nH]2)cc1N1CCCCC1. The Kier molecular flexibility index (Phi) is 3.87. The van der Waals surface area contributed by atoms with Gasteiger partial charge in [0, 0.05) is 36.5 Å². The number of piperidine rings is 1. The normalized spacial score (nSPS) is 14.8. The average molecular weight is 336 g/mol. The topological polar surface area (TPSA) is 75.1 Å². The molecule has 0 aliphatic carbocycles. The van der Waals surface area contributed by atoms with Crippen LogP contribution in [0.4, 0.5) is 11.4 Å². The van der Waals surface area contributed by atoms with Crippen LogP contribution < -0.4 is 4.90 Å². The number of imidazole rings is 1. The predicted octanol–water partition coefficient (Wildman–Crippen LogP) is 4.44. The first-order valence-electron chi connectivity index (χ1n) is 8.62. The minimum atomic E-state index is -0.389. The number of H-pyrrole nitrogens is 1. The summed E-state index contributed by atoms with van der Waals surface area (Å²) in [5.74, 6) is 0.744. The van der Waals surface area contributed by atoms with Gasteiger partial charge in [-0.2, -0.15) is 0 Å². The highest BCUT2D eigenvalue weighted by Crippen LogP contribution is 2.30. The molecule has 0 spiro atoms. The second kappa shape index (κ2) is 6.20. The molecule has 1 aliphatic rings. The van der Waals surface area contributed by atoms with Gasteiger partial charge in [0.05, 0.1) is 16.0 Å². The van der Waals surface area contributed by atoms with Crippen molar-refractivity contribution in [2.75, 3.05) is 18.0 Å². The number of benzene rings is 2. The molecule has 1 N–H and O–H groups in total. The average Bonchev–Trinajstić information content (AvgIpc) is 3.06. The maximum atomic E-state index is 10.9. The lowest BCUT2D eigenvalue weighted by atomic mass is 10.1. The third-order valence-corrected chi connectivity index (χ3v) is 4.86. The molecule has 1 saturated heterocycles. The molecule has 1 aromatic heterocycles. The number of fused-ring (bicyclic) bond motifs is 1. The van der Waals surface area contributed by atoms with E-state index in [4.69, 9.17) is 0 Å². The van der Waals surface area contributed by atoms with Crippen LogP contribution in [0.1, 0.15) is 24.8 Å². The van der Waals surface area contributed by atoms with Crippen LogP contribution in [-0.2, 0) is 0 Å². The van der Waals surface area contributed by atoms with Gasteiger partial charge in [-0.15, -0.1) is 0 Å². The van der Waals surface area contributed by atoms with E-state index < -0.39 is 0 Å². The molecule has 4 rings (SSSR count). The van der Waals surface area contributed by atoms with Gasteiger partial charge in [0.1, 0.15) is 5.82 Å². The van der Waals surface area contributed by atoms with Crippen molar-refractivity contribution in [1.29, 1.82) is 0 Å². The van der Waals surface area contributed by atoms with Crippen molar-refractivity contribution in [2.45, 2.75) is 26.2 Å². The Morgan fingerprint density at radius 2 is 1.92 bits per heavy atom. The molecule has 6 heteroatoms. The molecular weight excluding hydrogens is 316 g/mol. The molecule has 0 bridgehead atoms. The number of nitrogens with one attached hydrogen (secondary N) is 1. The minimum Gasteiger partial charge on any atom is -0.371 e. The van der Waals surface area contributed by atoms with E-state index in [1.54, 1.807) is 6.07 Å². The first-order valence-corrected chi connectivity index (χ1v) is 8.62. The summed E-state index contributed by atoms with van der Waals surface area (Å²) in [5, 5.41) is 10.9. The Bertz CT molecular complexity index is 942. The Labute approximate surface area is 145 Å². The zero-order chi connectivity index (χ0) is 17.4. The highest BCUT2D eigenvalue weighted by atomic mass is 16.6. The summed E-state index contributed by atoms with van der Waals surface area (Å²) < 4.78 is 0. The van der Waals surface area contributed by atoms with E-state index >= 15 is 0 Å². The van der Waals surface area contributed by atoms with Crippen molar-refractivity contribution in [1.82, 2.24) is 9.97 Å². The summed E-state index contributed by atoms with van der Waals surface area (Å²) in [5.41, 5.74) is 5.01. The predicted molar refractivity (Wildman–Crippen MR) is 99.0 cm³/mol. The standard InChI is InChI=1S/C19H20N4O2/c1-13-5-6-14(11-18(13)22-9-3-2-4-10-22)19-20-16-8-7-15(23(24)25)12-17(16)21-19/h5-8,11-12H,2-4,9-10H2,1H3,(H,20,21). The fourth-order valence-corrected chi connectivity index (χ4v) is 3.48. The second-order valence-corrected chi connectivity index (χ2v) is 6.59. The number of aromatic nitrogens is 2. The molecule has 6 nitrogen and oxygen atoms in total. The monoisotopic (exact) mass is 336 g/mol. The molecule has 0 unspecified atom stereocenters. The van der Waals surface area contributed by atoms with Crippen LogP contribution in [0, 0.1) is 17.0 Å². The number of aryl methyl sites for hydroxylation is 1. The van der Waals surface area contributed by atoms with E-state index in [1.165, 1.54) is 42.6 Å². The molecule has 0 saturated carbocycles. The smallest absolute Gasteiger partial charge is 0.271 e. The van der Waals surface area contributed by atoms with Crippen LogP contribution in [0.5, 0.6) is 0 Å². The van der Waals surface area contributed by atoms with Gasteiger partial charge in [0.25, 0.3) is 5.69 Å². The molecule has 25 heavy (non-hydrogen) atoms. The second-order valence-electron chi connectivity index (χ2n) is 6.59. The fourth-order valence-electron chi connectivity index (χ4n) is 3.48. The van der Waals surface area contributed by atoms with Crippen LogP contribution >= 0.6 is 0 Å². The van der Waals surface area contributed by atoms with Gasteiger partial charge >= 0.3 is 0 Å². The van der Waals surface area contributed by atoms with Crippen molar-refractivity contribution in [3.05, 3.63) is 52.1 Å². The van der Waals surface area contributed by atoms with Crippen molar-refractivity contribution in [2.24, 2.45) is 0 Å². The van der Waals surface area contributed by atoms with Crippen LogP contribution in [-0.4, -0.2) is 28.0 Å². The van der Waals surface area contributed by atoms with Crippen molar-refractivity contribution >= 4 is 22.4 Å². The molecule has 1 fully saturated rings. The third-order valence-electron chi connectivity index (χ3n) is 4.86. The molecule has 0 amide bonds. The van der Waals surface area contributed by atoms with Crippen LogP contribution in [0.3, 0.4) is 0 Å². The molecule has 0 radical (unpaired) electrons. The molecule has 3 aromatic rings. The van der Waals surface area contributed by atoms with E-state index in [0.29, 0.717) is 5.52 Å². The van der Waals surface area contributed by atoms with Crippen molar-refractivity contribution in [3.8, 4) is 11.4 Å². The third kappa shape index (κ3) is 2.95. The Morgan fingerprint density at radius 1 is 1.12 bits per heavy atom. The number of nitro benzene ring substituents is 1. The number of non-ortho nitro benzene ring substituents is 1. The highest BCUT2D eigenvalue weighted by Gasteiger charge is 2.15. The molecule has 2 heterocycles. The van der Waals surface area contributed by atoms with E-state index in [0.717, 1.165) is 30.0 Å². The van der Waals surface area contributed by atoms with E-state index in [2.05, 4.69) is 40.0 Å². The minimum absolute atomic E-state index is 0.0700. The highest BCUT2D eigenvalue weighted by molar-refractivity contribution is 5.82. The maximum absolute atomic E-state index is 10.9. The maximum Gasteiger partial charge on any atom is 0.271 e. The molecule has 128 valence electrons. The Hall–Kier alpha value is -2.89. The Balaban J connectivity index is 1.73. The molecular formula is C19H20N4O2. The largest absolute Gasteiger partial charge is 0.371 e. The fraction of sp³-hybridized carbons (Fsp3) is 0.316. The number of rotatable bonds is 3. The zero-order valence-corrected chi connectivity index (χ0v) is 14.2. The number of aromatic amines is 1. The van der Waals surface area contributed by atoms with E-state index in [-0.39, 0.29) is 10.6 Å². The van der Waals surface area contributed by atoms with Crippen LogP contribution in [0.25, 0.3) is 22.4 Å². The van der Waals surface area contributed by atoms with Crippen molar-refractivity contribution < 1.29 is 4.92 Å². The van der Waals surface area contributed by atoms with E-state index in [9.17, 15) is 10.1 Å². The number of nitro groups is 1. The number of anilines is 1. The summed E-state index contributed by atoms with van der Waals surface area (Å²) in [7, 11) is 0. The van der Waals surface area contributed by atoms with Gasteiger partial charge in [-0.1, -0.05) is 12.1 Å². The summed E-state index contributed by atoms with van der Waals surface area (Å²) in [6, 6.07) is 11.1. The van der Waals surface area contributed by atoms with Crippen molar-refractivity contribution in [3.63, 3.8) is 0 Å². The van der Waals surface area contributed by atoms with Gasteiger partial charge in [-0.3, -0.25) is 10.1 Å². The van der Waals surface area contributed by atoms with Crippen LogP contribution in [0.15, 0.2) is 36.4 Å². The van der Waals surface area contributed by atoms with Gasteiger partial charge < -0.3 is 9.88 Å². The first kappa shape index (κ1) is 15.6. The van der Waals surface area contributed by atoms with Gasteiger partial charge in [0.15, 0.2) is 0 Å². The molecule has 0 atom stereocenters. The summed E-state index contributed by atoms with van der Waals surface area (Å²) in [6.07, 6.45) is 3.77. The summed E-state index contributed by atoms with van der Waals surface area (Å²) in [4.78, 5) is 20.8. The number of hydrogen-bond donors (Lipinski definition) is 1. The van der Waals surface area contributed by atoms with Crippen LogP contribution in [0.2, 0.25) is 0 Å². The summed E-state index contributed by atoms with van der Waals surface area (Å²) >= 11 is 0. The number of nitrogens with zero attached hydrogens (tertiary/aromatic N) is 3. The van der Waals surface area contributed by atoms with Gasteiger partial charge in [-0.05, 0) is 43.9 Å². The lowest BCUT2D eigenvalue weighted by Crippen LogP contribution is -2.29. The molecule has 2 aromatic carbocycles. The van der Waals surface area contributed by atoms with Gasteiger partial charge in [-0.25, -0.2) is 4.98 Å². The lowest BCUT2D eigenvalue weighted by Gasteiger charge is -2.30. The zero-order valence-electron chi connectivity index (χ0n) is 14.2. The summed E-state index contributed by atoms with van der Waals surface area (Å²) in [6.45, 7) is 4.32. The number of hydrogen-bond acceptors (Lipinski definition) is 4. The first-order chi connectivity index (χ1) is 12.1. The Morgan fingerprint density at radius 3 is 2.68 bits per heavy atom. The quantitative estimate of drug-likeness (QED) is 0.567. The van der Waals surface area contributed by atoms with Gasteiger partial charge in [0.2, 0.25) is 0 Å².